The van der Waals surface area contributed by atoms with E-state index in [0.717, 1.165) is 5.76 Å². The van der Waals surface area contributed by atoms with Crippen molar-refractivity contribution in [2.45, 2.75) is 6.54 Å². The molecule has 15 heavy (non-hydrogen) atoms. The summed E-state index contributed by atoms with van der Waals surface area (Å²) < 4.78 is 5.16. The van der Waals surface area contributed by atoms with Gasteiger partial charge in [0.1, 0.15) is 16.7 Å². The van der Waals surface area contributed by atoms with Gasteiger partial charge in [-0.25, -0.2) is 4.98 Å². The highest BCUT2D eigenvalue weighted by Gasteiger charge is 2.00. The second-order valence-corrected chi connectivity index (χ2v) is 3.43. The van der Waals surface area contributed by atoms with E-state index in [2.05, 4.69) is 10.3 Å². The number of furan rings is 1. The van der Waals surface area contributed by atoms with Crippen LogP contribution in [0.1, 0.15) is 5.76 Å². The molecular formula is C10H10ClN3O. The summed E-state index contributed by atoms with van der Waals surface area (Å²) in [4.78, 5) is 4.07. The van der Waals surface area contributed by atoms with E-state index in [0.29, 0.717) is 23.2 Å². The third-order valence-electron chi connectivity index (χ3n) is 1.84. The maximum Gasteiger partial charge on any atom is 0.133 e. The fourth-order valence-electron chi connectivity index (χ4n) is 1.20. The number of nitrogen functional groups attached to an aromatic ring is 1. The monoisotopic (exact) mass is 223 g/mol. The fourth-order valence-corrected chi connectivity index (χ4v) is 1.42. The Bertz CT molecular complexity index is 422. The molecule has 2 rings (SSSR count). The average molecular weight is 224 g/mol. The van der Waals surface area contributed by atoms with E-state index < -0.39 is 0 Å². The minimum atomic E-state index is 0.372. The summed E-state index contributed by atoms with van der Waals surface area (Å²) in [6, 6.07) is 7.02. The van der Waals surface area contributed by atoms with Gasteiger partial charge < -0.3 is 15.5 Å². The molecule has 2 aromatic heterocycles. The fraction of sp³-hybridized carbons (Fsp3) is 0.100. The van der Waals surface area contributed by atoms with Gasteiger partial charge in [0.05, 0.1) is 12.8 Å². The van der Waals surface area contributed by atoms with Crippen LogP contribution in [0.5, 0.6) is 0 Å². The quantitative estimate of drug-likeness (QED) is 0.785. The zero-order valence-corrected chi connectivity index (χ0v) is 8.66. The molecule has 0 aromatic carbocycles. The van der Waals surface area contributed by atoms with Crippen molar-refractivity contribution in [3.8, 4) is 0 Å². The van der Waals surface area contributed by atoms with Crippen molar-refractivity contribution in [1.82, 2.24) is 4.98 Å². The minimum absolute atomic E-state index is 0.372. The number of anilines is 2. The van der Waals surface area contributed by atoms with Crippen LogP contribution < -0.4 is 11.1 Å². The summed E-state index contributed by atoms with van der Waals surface area (Å²) >= 11 is 5.76. The lowest BCUT2D eigenvalue weighted by Crippen LogP contribution is -2.01. The number of nitrogens with zero attached hydrogens (tertiary/aromatic N) is 1. The van der Waals surface area contributed by atoms with Gasteiger partial charge in [-0.3, -0.25) is 0 Å². The third-order valence-corrected chi connectivity index (χ3v) is 2.03. The van der Waals surface area contributed by atoms with E-state index in [-0.39, 0.29) is 0 Å². The van der Waals surface area contributed by atoms with Crippen molar-refractivity contribution in [2.24, 2.45) is 0 Å². The molecule has 4 nitrogen and oxygen atoms in total. The Kier molecular flexibility index (Phi) is 2.78. The highest BCUT2D eigenvalue weighted by Crippen LogP contribution is 2.16. The number of hydrogen-bond donors (Lipinski definition) is 2. The van der Waals surface area contributed by atoms with Crippen molar-refractivity contribution in [3.63, 3.8) is 0 Å². The van der Waals surface area contributed by atoms with Crippen LogP contribution in [0.25, 0.3) is 0 Å². The molecule has 0 unspecified atom stereocenters. The van der Waals surface area contributed by atoms with E-state index in [1.54, 1.807) is 18.4 Å². The van der Waals surface area contributed by atoms with Crippen molar-refractivity contribution in [1.29, 1.82) is 0 Å². The van der Waals surface area contributed by atoms with Crippen LogP contribution in [0.2, 0.25) is 5.15 Å². The Morgan fingerprint density at radius 3 is 3.00 bits per heavy atom. The zero-order chi connectivity index (χ0) is 10.7. The van der Waals surface area contributed by atoms with Crippen molar-refractivity contribution in [2.75, 3.05) is 11.1 Å². The Labute approximate surface area is 92.1 Å². The first-order valence-corrected chi connectivity index (χ1v) is 4.81. The van der Waals surface area contributed by atoms with Gasteiger partial charge in [0.15, 0.2) is 0 Å². The van der Waals surface area contributed by atoms with Crippen LogP contribution in [-0.2, 0) is 6.54 Å². The first-order chi connectivity index (χ1) is 7.24. The van der Waals surface area contributed by atoms with Crippen LogP contribution in [0.4, 0.5) is 11.5 Å². The Hall–Kier alpha value is -1.68. The first kappa shape index (κ1) is 9.86. The highest BCUT2D eigenvalue weighted by molar-refractivity contribution is 6.29. The molecule has 78 valence electrons. The van der Waals surface area contributed by atoms with Gasteiger partial charge in [0, 0.05) is 11.8 Å². The molecule has 0 radical (unpaired) electrons. The minimum Gasteiger partial charge on any atom is -0.467 e. The highest BCUT2D eigenvalue weighted by atomic mass is 35.5. The molecule has 0 saturated heterocycles. The van der Waals surface area contributed by atoms with Gasteiger partial charge in [-0.05, 0) is 18.2 Å². The molecule has 2 heterocycles. The molecule has 0 aliphatic heterocycles. The summed E-state index contributed by atoms with van der Waals surface area (Å²) in [5.41, 5.74) is 6.20. The van der Waals surface area contributed by atoms with Gasteiger partial charge in [-0.2, -0.15) is 0 Å². The van der Waals surface area contributed by atoms with Crippen LogP contribution in [0.15, 0.2) is 34.9 Å². The van der Waals surface area contributed by atoms with Gasteiger partial charge in [-0.15, -0.1) is 0 Å². The summed E-state index contributed by atoms with van der Waals surface area (Å²) in [5, 5.41) is 3.43. The molecule has 0 atom stereocenters. The summed E-state index contributed by atoms with van der Waals surface area (Å²) in [6.45, 7) is 0.555. The number of nitrogens with one attached hydrogen (secondary N) is 1. The molecule has 0 spiro atoms. The van der Waals surface area contributed by atoms with Crippen LogP contribution in [-0.4, -0.2) is 4.98 Å². The topological polar surface area (TPSA) is 64.1 Å². The normalized spacial score (nSPS) is 10.2. The Morgan fingerprint density at radius 1 is 1.47 bits per heavy atom. The second-order valence-electron chi connectivity index (χ2n) is 3.04. The smallest absolute Gasteiger partial charge is 0.133 e. The number of hydrogen-bond acceptors (Lipinski definition) is 4. The number of aromatic nitrogens is 1. The van der Waals surface area contributed by atoms with E-state index in [1.165, 1.54) is 0 Å². The molecule has 0 aliphatic rings. The van der Waals surface area contributed by atoms with Gasteiger partial charge in [-0.1, -0.05) is 11.6 Å². The Morgan fingerprint density at radius 2 is 2.33 bits per heavy atom. The van der Waals surface area contributed by atoms with Crippen LogP contribution in [0.3, 0.4) is 0 Å². The van der Waals surface area contributed by atoms with E-state index in [9.17, 15) is 0 Å². The summed E-state index contributed by atoms with van der Waals surface area (Å²) in [5.74, 6) is 1.46. The number of rotatable bonds is 3. The number of pyridine rings is 1. The van der Waals surface area contributed by atoms with E-state index in [1.807, 2.05) is 12.1 Å². The first-order valence-electron chi connectivity index (χ1n) is 4.43. The standard InChI is InChI=1S/C10H10ClN3O/c11-9-4-7(12)5-10(14-9)13-6-8-2-1-3-15-8/h1-5H,6H2,(H3,12,13,14). The zero-order valence-electron chi connectivity index (χ0n) is 7.90. The molecule has 0 aliphatic carbocycles. The molecule has 0 fully saturated rings. The third kappa shape index (κ3) is 2.63. The molecule has 3 N–H and O–H groups in total. The molecule has 0 saturated carbocycles. The number of nitrogens with two attached hydrogens (primary N) is 1. The predicted octanol–water partition coefficient (Wildman–Crippen LogP) is 2.52. The summed E-state index contributed by atoms with van der Waals surface area (Å²) in [6.07, 6.45) is 1.62. The van der Waals surface area contributed by atoms with Crippen LogP contribution in [0, 0.1) is 0 Å². The molecule has 0 amide bonds. The molecule has 0 bridgehead atoms. The lowest BCUT2D eigenvalue weighted by atomic mass is 10.4. The SMILES string of the molecule is Nc1cc(Cl)nc(NCc2ccco2)c1. The van der Waals surface area contributed by atoms with Crippen molar-refractivity contribution in [3.05, 3.63) is 41.4 Å². The van der Waals surface area contributed by atoms with Gasteiger partial charge in [0.25, 0.3) is 0 Å². The summed E-state index contributed by atoms with van der Waals surface area (Å²) in [7, 11) is 0. The average Bonchev–Trinajstić information content (AvgIpc) is 2.65. The Balaban J connectivity index is 2.05. The van der Waals surface area contributed by atoms with E-state index in [4.69, 9.17) is 21.8 Å². The van der Waals surface area contributed by atoms with Gasteiger partial charge in [0.2, 0.25) is 0 Å². The maximum absolute atomic E-state index is 5.76. The van der Waals surface area contributed by atoms with E-state index >= 15 is 0 Å². The van der Waals surface area contributed by atoms with Crippen molar-refractivity contribution >= 4 is 23.1 Å². The molecule has 5 heteroatoms. The van der Waals surface area contributed by atoms with Gasteiger partial charge >= 0.3 is 0 Å². The van der Waals surface area contributed by atoms with Crippen LogP contribution >= 0.6 is 11.6 Å². The lowest BCUT2D eigenvalue weighted by molar-refractivity contribution is 0.518. The predicted molar refractivity (Wildman–Crippen MR) is 59.7 cm³/mol. The molecular weight excluding hydrogens is 214 g/mol. The maximum atomic E-state index is 5.76. The second kappa shape index (κ2) is 4.23. The number of halogens is 1. The molecule has 2 aromatic rings. The largest absolute Gasteiger partial charge is 0.467 e. The van der Waals surface area contributed by atoms with Crippen molar-refractivity contribution < 1.29 is 4.42 Å². The lowest BCUT2D eigenvalue weighted by Gasteiger charge is -2.04.